The van der Waals surface area contributed by atoms with Crippen LogP contribution in [-0.2, 0) is 0 Å². The molecule has 8 heteroatoms. The molecule has 5 aromatic rings. The van der Waals surface area contributed by atoms with Crippen molar-refractivity contribution in [1.29, 1.82) is 0 Å². The summed E-state index contributed by atoms with van der Waals surface area (Å²) in [6.07, 6.45) is 4.96. The molecule has 0 bridgehead atoms. The second kappa shape index (κ2) is 9.43. The van der Waals surface area contributed by atoms with E-state index in [1.54, 1.807) is 37.6 Å². The number of aromatic nitrogens is 3. The number of halogens is 1. The van der Waals surface area contributed by atoms with E-state index in [-0.39, 0.29) is 17.0 Å². The van der Waals surface area contributed by atoms with Gasteiger partial charge in [0.2, 0.25) is 5.56 Å². The maximum Gasteiger partial charge on any atom is 0.247 e. The molecule has 0 aliphatic rings. The van der Waals surface area contributed by atoms with Crippen LogP contribution < -0.4 is 16.3 Å². The quantitative estimate of drug-likeness (QED) is 0.286. The maximum absolute atomic E-state index is 13.4. The van der Waals surface area contributed by atoms with E-state index in [4.69, 9.17) is 16.0 Å². The molecule has 2 N–H and O–H groups in total. The SMILES string of the molecule is Cc1cc([C@@H](C)Nc2ccc(Cl)nc2-c2ccc(=O)[nH]c2)c2oc(-c3cccnc3)c(C)c(=O)c2c1. The van der Waals surface area contributed by atoms with Crippen LogP contribution in [0.5, 0.6) is 0 Å². The van der Waals surface area contributed by atoms with Crippen molar-refractivity contribution in [1.82, 2.24) is 15.0 Å². The fourth-order valence-electron chi connectivity index (χ4n) is 4.30. The molecule has 0 aliphatic carbocycles. The van der Waals surface area contributed by atoms with Crippen LogP contribution in [0.4, 0.5) is 5.69 Å². The van der Waals surface area contributed by atoms with Crippen LogP contribution in [0, 0.1) is 13.8 Å². The number of hydrogen-bond donors (Lipinski definition) is 2. The first-order valence-electron chi connectivity index (χ1n) is 11.4. The molecule has 7 nitrogen and oxygen atoms in total. The molecule has 36 heavy (non-hydrogen) atoms. The normalized spacial score (nSPS) is 12.0. The first-order valence-corrected chi connectivity index (χ1v) is 11.8. The Morgan fingerprint density at radius 1 is 1.06 bits per heavy atom. The van der Waals surface area contributed by atoms with Gasteiger partial charge in [-0.15, -0.1) is 0 Å². The van der Waals surface area contributed by atoms with E-state index < -0.39 is 0 Å². The van der Waals surface area contributed by atoms with E-state index in [2.05, 4.69) is 20.3 Å². The largest absolute Gasteiger partial charge is 0.455 e. The Labute approximate surface area is 211 Å². The molecular formula is C28H23ClN4O3. The summed E-state index contributed by atoms with van der Waals surface area (Å²) in [6, 6.07) is 14.0. The van der Waals surface area contributed by atoms with E-state index in [1.165, 1.54) is 6.07 Å². The molecule has 5 rings (SSSR count). The van der Waals surface area contributed by atoms with Crippen LogP contribution in [0.15, 0.2) is 81.1 Å². The van der Waals surface area contributed by atoms with Crippen molar-refractivity contribution >= 4 is 28.3 Å². The molecule has 1 atom stereocenters. The van der Waals surface area contributed by atoms with E-state index in [9.17, 15) is 9.59 Å². The highest BCUT2D eigenvalue weighted by molar-refractivity contribution is 6.29. The lowest BCUT2D eigenvalue weighted by Gasteiger charge is -2.20. The molecule has 0 saturated heterocycles. The second-order valence-electron chi connectivity index (χ2n) is 8.70. The van der Waals surface area contributed by atoms with Crippen molar-refractivity contribution in [2.45, 2.75) is 26.8 Å². The number of aromatic amines is 1. The van der Waals surface area contributed by atoms with Gasteiger partial charge in [-0.25, -0.2) is 4.98 Å². The highest BCUT2D eigenvalue weighted by Crippen LogP contribution is 2.34. The number of pyridine rings is 3. The van der Waals surface area contributed by atoms with Gasteiger partial charge in [0, 0.05) is 46.9 Å². The van der Waals surface area contributed by atoms with Crippen molar-refractivity contribution in [2.75, 3.05) is 5.32 Å². The van der Waals surface area contributed by atoms with Gasteiger partial charge in [-0.05, 0) is 62.7 Å². The molecule has 0 amide bonds. The number of nitrogens with one attached hydrogen (secondary N) is 2. The molecule has 0 aliphatic heterocycles. The fourth-order valence-corrected chi connectivity index (χ4v) is 4.45. The summed E-state index contributed by atoms with van der Waals surface area (Å²) in [5, 5.41) is 4.35. The van der Waals surface area contributed by atoms with Crippen molar-refractivity contribution < 1.29 is 4.42 Å². The summed E-state index contributed by atoms with van der Waals surface area (Å²) in [5.41, 5.74) is 5.31. The highest BCUT2D eigenvalue weighted by atomic mass is 35.5. The number of anilines is 1. The average Bonchev–Trinajstić information content (AvgIpc) is 2.88. The molecule has 0 fully saturated rings. The number of fused-ring (bicyclic) bond motifs is 1. The van der Waals surface area contributed by atoms with Gasteiger partial charge in [0.1, 0.15) is 16.5 Å². The molecule has 0 unspecified atom stereocenters. The first-order chi connectivity index (χ1) is 17.3. The van der Waals surface area contributed by atoms with Crippen molar-refractivity contribution in [2.24, 2.45) is 0 Å². The van der Waals surface area contributed by atoms with Gasteiger partial charge in [0.15, 0.2) is 5.43 Å². The molecule has 0 spiro atoms. The summed E-state index contributed by atoms with van der Waals surface area (Å²) in [7, 11) is 0. The van der Waals surface area contributed by atoms with Crippen molar-refractivity contribution in [3.05, 3.63) is 110 Å². The minimum Gasteiger partial charge on any atom is -0.455 e. The van der Waals surface area contributed by atoms with Crippen LogP contribution >= 0.6 is 11.6 Å². The monoisotopic (exact) mass is 498 g/mol. The second-order valence-corrected chi connectivity index (χ2v) is 9.08. The smallest absolute Gasteiger partial charge is 0.247 e. The van der Waals surface area contributed by atoms with Crippen LogP contribution in [0.1, 0.15) is 29.7 Å². The minimum absolute atomic E-state index is 0.0747. The zero-order chi connectivity index (χ0) is 25.4. The standard InChI is InChI=1S/C28H23ClN4O3/c1-15-11-20(28-21(12-15)26(35)16(2)27(36-28)19-5-4-10-30-13-19)17(3)32-22-7-8-23(29)33-25(22)18-6-9-24(34)31-14-18/h4-14,17,32H,1-3H3,(H,31,34)/t17-/m1/s1. The predicted molar refractivity (Wildman–Crippen MR) is 143 cm³/mol. The lowest BCUT2D eigenvalue weighted by Crippen LogP contribution is -2.13. The van der Waals surface area contributed by atoms with Gasteiger partial charge in [-0.1, -0.05) is 17.7 Å². The molecular weight excluding hydrogens is 476 g/mol. The van der Waals surface area contributed by atoms with Gasteiger partial charge in [-0.3, -0.25) is 14.6 Å². The third-order valence-corrected chi connectivity index (χ3v) is 6.28. The Morgan fingerprint density at radius 3 is 2.61 bits per heavy atom. The number of aryl methyl sites for hydroxylation is 1. The summed E-state index contributed by atoms with van der Waals surface area (Å²) in [4.78, 5) is 36.2. The zero-order valence-corrected chi connectivity index (χ0v) is 20.7. The lowest BCUT2D eigenvalue weighted by atomic mass is 9.99. The molecule has 4 heterocycles. The Bertz CT molecular complexity index is 1690. The number of rotatable bonds is 5. The molecule has 4 aromatic heterocycles. The van der Waals surface area contributed by atoms with Crippen LogP contribution in [-0.4, -0.2) is 15.0 Å². The van der Waals surface area contributed by atoms with Gasteiger partial charge in [0.05, 0.1) is 22.8 Å². The number of hydrogen-bond acceptors (Lipinski definition) is 6. The van der Waals surface area contributed by atoms with Crippen LogP contribution in [0.3, 0.4) is 0 Å². The summed E-state index contributed by atoms with van der Waals surface area (Å²) in [5.74, 6) is 0.500. The van der Waals surface area contributed by atoms with Gasteiger partial charge < -0.3 is 14.7 Å². The third-order valence-electron chi connectivity index (χ3n) is 6.07. The van der Waals surface area contributed by atoms with Gasteiger partial charge in [-0.2, -0.15) is 0 Å². The van der Waals surface area contributed by atoms with E-state index in [1.807, 2.05) is 44.2 Å². The highest BCUT2D eigenvalue weighted by Gasteiger charge is 2.20. The predicted octanol–water partition coefficient (Wildman–Crippen LogP) is 6.05. The van der Waals surface area contributed by atoms with Crippen LogP contribution in [0.2, 0.25) is 5.15 Å². The molecule has 0 radical (unpaired) electrons. The Hall–Kier alpha value is -4.23. The Balaban J connectivity index is 1.64. The number of benzene rings is 1. The Morgan fingerprint density at radius 2 is 1.89 bits per heavy atom. The summed E-state index contributed by atoms with van der Waals surface area (Å²) >= 11 is 6.19. The number of nitrogens with zero attached hydrogens (tertiary/aromatic N) is 2. The van der Waals surface area contributed by atoms with E-state index >= 15 is 0 Å². The topological polar surface area (TPSA) is 101 Å². The zero-order valence-electron chi connectivity index (χ0n) is 19.9. The van der Waals surface area contributed by atoms with Crippen LogP contribution in [0.25, 0.3) is 33.6 Å². The van der Waals surface area contributed by atoms with E-state index in [0.29, 0.717) is 38.7 Å². The number of H-pyrrole nitrogens is 1. The lowest BCUT2D eigenvalue weighted by molar-refractivity contribution is 0.605. The molecule has 1 aromatic carbocycles. The molecule has 0 saturated carbocycles. The maximum atomic E-state index is 13.4. The van der Waals surface area contributed by atoms with Gasteiger partial charge >= 0.3 is 0 Å². The minimum atomic E-state index is -0.260. The van der Waals surface area contributed by atoms with Crippen molar-refractivity contribution in [3.8, 4) is 22.6 Å². The third kappa shape index (κ3) is 4.41. The average molecular weight is 499 g/mol. The first kappa shape index (κ1) is 23.5. The van der Waals surface area contributed by atoms with E-state index in [0.717, 1.165) is 22.4 Å². The van der Waals surface area contributed by atoms with Gasteiger partial charge in [0.25, 0.3) is 0 Å². The summed E-state index contributed by atoms with van der Waals surface area (Å²) < 4.78 is 6.40. The molecule has 180 valence electrons. The fraction of sp³-hybridized carbons (Fsp3) is 0.143. The van der Waals surface area contributed by atoms with Crippen molar-refractivity contribution in [3.63, 3.8) is 0 Å². The summed E-state index contributed by atoms with van der Waals surface area (Å²) in [6.45, 7) is 5.71. The Kier molecular flexibility index (Phi) is 6.16.